The van der Waals surface area contributed by atoms with E-state index in [1.165, 1.54) is 5.56 Å². The maximum absolute atomic E-state index is 13.5. The molecule has 3 amide bonds. The normalized spacial score (nSPS) is 29.1. The van der Waals surface area contributed by atoms with Crippen molar-refractivity contribution in [2.75, 3.05) is 52.5 Å². The summed E-state index contributed by atoms with van der Waals surface area (Å²) < 4.78 is 5.53. The van der Waals surface area contributed by atoms with Crippen LogP contribution in [0.15, 0.2) is 30.3 Å². The van der Waals surface area contributed by atoms with Gasteiger partial charge in [-0.2, -0.15) is 0 Å². The average Bonchev–Trinajstić information content (AvgIpc) is 3.40. The Balaban J connectivity index is 1.16. The van der Waals surface area contributed by atoms with E-state index in [0.29, 0.717) is 18.8 Å². The SMILES string of the molecule is O=C1NC2(CCN(CCc3ccccc3)CC2)C(=O)N1[C@H]1CCCN(C[C@@H]2CCOC2)C1. The van der Waals surface area contributed by atoms with E-state index in [1.807, 2.05) is 6.07 Å². The summed E-state index contributed by atoms with van der Waals surface area (Å²) in [5.41, 5.74) is 0.650. The first-order valence-electron chi connectivity index (χ1n) is 12.4. The second-order valence-electron chi connectivity index (χ2n) is 10.0. The molecule has 0 radical (unpaired) electrons. The highest BCUT2D eigenvalue weighted by Gasteiger charge is 2.54. The summed E-state index contributed by atoms with van der Waals surface area (Å²) in [5.74, 6) is 0.602. The lowest BCUT2D eigenvalue weighted by atomic mass is 9.87. The average molecular weight is 441 g/mol. The summed E-state index contributed by atoms with van der Waals surface area (Å²) in [5, 5.41) is 3.12. The van der Waals surface area contributed by atoms with Crippen LogP contribution in [0.4, 0.5) is 4.79 Å². The molecule has 174 valence electrons. The fourth-order valence-electron chi connectivity index (χ4n) is 5.90. The van der Waals surface area contributed by atoms with Gasteiger partial charge in [0.15, 0.2) is 0 Å². The standard InChI is InChI=1S/C25H36N4O3/c30-23-25(10-14-27(15-11-25)13-8-20-5-2-1-3-6-20)26-24(31)29(23)22-7-4-12-28(18-22)17-21-9-16-32-19-21/h1-3,5-6,21-22H,4,7-19H2,(H,26,31)/t21-,22-/m0/s1. The minimum Gasteiger partial charge on any atom is -0.381 e. The number of ether oxygens (including phenoxy) is 1. The Morgan fingerprint density at radius 2 is 1.84 bits per heavy atom. The third-order valence-electron chi connectivity index (χ3n) is 7.85. The van der Waals surface area contributed by atoms with Gasteiger partial charge in [-0.05, 0) is 56.6 Å². The largest absolute Gasteiger partial charge is 0.381 e. The molecule has 0 bridgehead atoms. The predicted molar refractivity (Wildman–Crippen MR) is 122 cm³/mol. The fraction of sp³-hybridized carbons (Fsp3) is 0.680. The number of likely N-dealkylation sites (tertiary alicyclic amines) is 2. The number of carbonyl (C=O) groups excluding carboxylic acids is 2. The highest BCUT2D eigenvalue weighted by molar-refractivity contribution is 6.07. The number of urea groups is 1. The summed E-state index contributed by atoms with van der Waals surface area (Å²) >= 11 is 0. The molecule has 0 unspecified atom stereocenters. The topological polar surface area (TPSA) is 65.1 Å². The van der Waals surface area contributed by atoms with Gasteiger partial charge < -0.3 is 19.9 Å². The number of piperidine rings is 2. The molecule has 4 saturated heterocycles. The summed E-state index contributed by atoms with van der Waals surface area (Å²) in [6.45, 7) is 7.27. The van der Waals surface area contributed by atoms with Gasteiger partial charge >= 0.3 is 6.03 Å². The lowest BCUT2D eigenvalue weighted by Gasteiger charge is -2.39. The summed E-state index contributed by atoms with van der Waals surface area (Å²) in [4.78, 5) is 32.9. The summed E-state index contributed by atoms with van der Waals surface area (Å²) in [6, 6.07) is 10.3. The molecule has 7 heteroatoms. The lowest BCUT2D eigenvalue weighted by molar-refractivity contribution is -0.135. The van der Waals surface area contributed by atoms with Crippen molar-refractivity contribution in [2.24, 2.45) is 5.92 Å². The molecule has 4 aliphatic heterocycles. The van der Waals surface area contributed by atoms with Gasteiger partial charge in [-0.25, -0.2) is 4.79 Å². The first-order valence-corrected chi connectivity index (χ1v) is 12.4. The number of hydrogen-bond donors (Lipinski definition) is 1. The van der Waals surface area contributed by atoms with Crippen LogP contribution in [0.1, 0.15) is 37.7 Å². The Morgan fingerprint density at radius 1 is 1.03 bits per heavy atom. The van der Waals surface area contributed by atoms with Crippen molar-refractivity contribution in [3.8, 4) is 0 Å². The van der Waals surface area contributed by atoms with Crippen molar-refractivity contribution < 1.29 is 14.3 Å². The number of benzene rings is 1. The number of nitrogens with zero attached hydrogens (tertiary/aromatic N) is 3. The van der Waals surface area contributed by atoms with Crippen molar-refractivity contribution >= 4 is 11.9 Å². The maximum Gasteiger partial charge on any atom is 0.325 e. The summed E-state index contributed by atoms with van der Waals surface area (Å²) in [6.07, 6.45) is 5.50. The Labute approximate surface area is 191 Å². The van der Waals surface area contributed by atoms with E-state index in [0.717, 1.165) is 78.2 Å². The Hall–Kier alpha value is -1.96. The van der Waals surface area contributed by atoms with Crippen LogP contribution in [-0.4, -0.2) is 90.7 Å². The second-order valence-corrected chi connectivity index (χ2v) is 10.0. The number of nitrogens with one attached hydrogen (secondary N) is 1. The highest BCUT2D eigenvalue weighted by Crippen LogP contribution is 2.32. The van der Waals surface area contributed by atoms with E-state index in [4.69, 9.17) is 4.74 Å². The smallest absolute Gasteiger partial charge is 0.325 e. The van der Waals surface area contributed by atoms with Crippen LogP contribution in [0.2, 0.25) is 0 Å². The van der Waals surface area contributed by atoms with E-state index in [-0.39, 0.29) is 18.0 Å². The van der Waals surface area contributed by atoms with E-state index in [2.05, 4.69) is 39.4 Å². The predicted octanol–water partition coefficient (Wildman–Crippen LogP) is 2.12. The Kier molecular flexibility index (Phi) is 6.49. The number of imide groups is 1. The molecule has 1 spiro atoms. The number of amides is 3. The van der Waals surface area contributed by atoms with E-state index >= 15 is 0 Å². The molecular formula is C25H36N4O3. The van der Waals surface area contributed by atoms with Crippen molar-refractivity contribution in [3.05, 3.63) is 35.9 Å². The first-order chi connectivity index (χ1) is 15.6. The molecular weight excluding hydrogens is 404 g/mol. The summed E-state index contributed by atoms with van der Waals surface area (Å²) in [7, 11) is 0. The van der Waals surface area contributed by atoms with Crippen LogP contribution in [0.5, 0.6) is 0 Å². The second kappa shape index (κ2) is 9.49. The van der Waals surface area contributed by atoms with Gasteiger partial charge in [0, 0.05) is 39.3 Å². The molecule has 4 heterocycles. The van der Waals surface area contributed by atoms with Crippen molar-refractivity contribution in [1.82, 2.24) is 20.0 Å². The minimum atomic E-state index is -0.693. The third-order valence-corrected chi connectivity index (χ3v) is 7.85. The molecule has 7 nitrogen and oxygen atoms in total. The zero-order valence-corrected chi connectivity index (χ0v) is 19.0. The van der Waals surface area contributed by atoms with Crippen LogP contribution in [0, 0.1) is 5.92 Å². The molecule has 1 aromatic rings. The van der Waals surface area contributed by atoms with Gasteiger partial charge in [0.05, 0.1) is 12.6 Å². The van der Waals surface area contributed by atoms with Crippen LogP contribution in [-0.2, 0) is 16.0 Å². The van der Waals surface area contributed by atoms with E-state index in [1.54, 1.807) is 4.90 Å². The van der Waals surface area contributed by atoms with Crippen LogP contribution < -0.4 is 5.32 Å². The molecule has 0 saturated carbocycles. The number of hydrogen-bond acceptors (Lipinski definition) is 5. The van der Waals surface area contributed by atoms with Crippen LogP contribution >= 0.6 is 0 Å². The van der Waals surface area contributed by atoms with Gasteiger partial charge in [-0.15, -0.1) is 0 Å². The lowest BCUT2D eigenvalue weighted by Crippen LogP contribution is -2.56. The number of carbonyl (C=O) groups is 2. The molecule has 1 N–H and O–H groups in total. The fourth-order valence-corrected chi connectivity index (χ4v) is 5.90. The molecule has 4 aliphatic rings. The zero-order valence-electron chi connectivity index (χ0n) is 19.0. The van der Waals surface area contributed by atoms with Gasteiger partial charge in [-0.1, -0.05) is 30.3 Å². The van der Waals surface area contributed by atoms with Crippen LogP contribution in [0.25, 0.3) is 0 Å². The molecule has 2 atom stereocenters. The number of rotatable bonds is 6. The Morgan fingerprint density at radius 3 is 2.59 bits per heavy atom. The van der Waals surface area contributed by atoms with Crippen molar-refractivity contribution in [3.63, 3.8) is 0 Å². The maximum atomic E-state index is 13.5. The highest BCUT2D eigenvalue weighted by atomic mass is 16.5. The molecule has 32 heavy (non-hydrogen) atoms. The van der Waals surface area contributed by atoms with Gasteiger partial charge in [0.25, 0.3) is 5.91 Å². The molecule has 4 fully saturated rings. The zero-order chi connectivity index (χ0) is 22.0. The minimum absolute atomic E-state index is 0.00550. The van der Waals surface area contributed by atoms with Gasteiger partial charge in [-0.3, -0.25) is 9.69 Å². The van der Waals surface area contributed by atoms with E-state index in [9.17, 15) is 9.59 Å². The molecule has 5 rings (SSSR count). The van der Waals surface area contributed by atoms with Gasteiger partial charge in [0.2, 0.25) is 0 Å². The molecule has 0 aliphatic carbocycles. The third kappa shape index (κ3) is 4.56. The Bertz CT molecular complexity index is 803. The van der Waals surface area contributed by atoms with Crippen molar-refractivity contribution in [2.45, 2.75) is 50.1 Å². The molecule has 1 aromatic carbocycles. The quantitative estimate of drug-likeness (QED) is 0.687. The first kappa shape index (κ1) is 21.9. The van der Waals surface area contributed by atoms with Crippen molar-refractivity contribution in [1.29, 1.82) is 0 Å². The van der Waals surface area contributed by atoms with Crippen LogP contribution in [0.3, 0.4) is 0 Å². The van der Waals surface area contributed by atoms with E-state index < -0.39 is 5.54 Å². The molecule has 0 aromatic heterocycles. The monoisotopic (exact) mass is 440 g/mol. The van der Waals surface area contributed by atoms with Gasteiger partial charge in [0.1, 0.15) is 5.54 Å².